The van der Waals surface area contributed by atoms with Crippen LogP contribution in [-0.4, -0.2) is 66.4 Å². The number of carbonyl (C=O) groups is 1. The van der Waals surface area contributed by atoms with Crippen molar-refractivity contribution in [3.8, 4) is 11.8 Å². The van der Waals surface area contributed by atoms with Crippen LogP contribution in [-0.2, 0) is 6.54 Å². The molecule has 1 saturated heterocycles. The number of rotatable bonds is 3. The average Bonchev–Trinajstić information content (AvgIpc) is 3.15. The number of aromatic hydroxyl groups is 2. The molecule has 3 aromatic rings. The van der Waals surface area contributed by atoms with Crippen LogP contribution >= 0.6 is 11.6 Å². The first-order valence-electron chi connectivity index (χ1n) is 8.85. The number of carbonyl (C=O) groups excluding carboxylic acids is 1. The number of hydrogen-bond acceptors (Lipinski definition) is 6. The van der Waals surface area contributed by atoms with Crippen LogP contribution in [0.3, 0.4) is 0 Å². The van der Waals surface area contributed by atoms with E-state index in [0.29, 0.717) is 42.5 Å². The number of imidazole rings is 1. The van der Waals surface area contributed by atoms with Gasteiger partial charge in [-0.3, -0.25) is 4.90 Å². The smallest absolute Gasteiger partial charge is 0.434 e. The second-order valence-electron chi connectivity index (χ2n) is 6.68. The van der Waals surface area contributed by atoms with E-state index in [1.807, 2.05) is 29.7 Å². The standard InChI is InChI=1S/C18H20ClN5O4/c1-12-14(23-10-13(19)2-3-15(23)20-12)11-21-6-8-22(9-7-21)18(27)28-24-16(25)4-5-17(24)26/h2-5,10,25-26H,6-9,11H2,1H3. The van der Waals surface area contributed by atoms with Crippen molar-refractivity contribution in [3.63, 3.8) is 0 Å². The molecule has 2 N–H and O–H groups in total. The van der Waals surface area contributed by atoms with Gasteiger partial charge in [-0.2, -0.15) is 0 Å². The SMILES string of the molecule is Cc1nc2ccc(Cl)cn2c1CN1CCN(C(=O)On2c(O)ccc2O)CC1. The van der Waals surface area contributed by atoms with Gasteiger partial charge in [-0.05, 0) is 19.1 Å². The quantitative estimate of drug-likeness (QED) is 0.690. The van der Waals surface area contributed by atoms with E-state index in [9.17, 15) is 15.0 Å². The highest BCUT2D eigenvalue weighted by molar-refractivity contribution is 6.30. The van der Waals surface area contributed by atoms with E-state index in [4.69, 9.17) is 16.4 Å². The molecular formula is C18H20ClN5O4. The summed E-state index contributed by atoms with van der Waals surface area (Å²) < 4.78 is 2.69. The van der Waals surface area contributed by atoms with Crippen LogP contribution in [0.4, 0.5) is 4.79 Å². The summed E-state index contributed by atoms with van der Waals surface area (Å²) in [4.78, 5) is 25.6. The van der Waals surface area contributed by atoms with E-state index in [1.54, 1.807) is 0 Å². The van der Waals surface area contributed by atoms with Crippen molar-refractivity contribution >= 4 is 23.3 Å². The molecule has 148 valence electrons. The molecule has 0 spiro atoms. The Morgan fingerprint density at radius 1 is 1.14 bits per heavy atom. The molecule has 0 radical (unpaired) electrons. The van der Waals surface area contributed by atoms with Gasteiger partial charge in [-0.25, -0.2) is 9.78 Å². The summed E-state index contributed by atoms with van der Waals surface area (Å²) in [6.07, 6.45) is 1.23. The molecule has 0 saturated carbocycles. The number of fused-ring (bicyclic) bond motifs is 1. The van der Waals surface area contributed by atoms with Crippen LogP contribution in [0.2, 0.25) is 5.02 Å². The average molecular weight is 406 g/mol. The highest BCUT2D eigenvalue weighted by Gasteiger charge is 2.25. The Morgan fingerprint density at radius 2 is 1.82 bits per heavy atom. The van der Waals surface area contributed by atoms with Gasteiger partial charge in [0.1, 0.15) is 5.65 Å². The minimum absolute atomic E-state index is 0.341. The third-order valence-corrected chi connectivity index (χ3v) is 5.08. The molecule has 0 bridgehead atoms. The number of amides is 1. The predicted molar refractivity (Wildman–Crippen MR) is 102 cm³/mol. The third kappa shape index (κ3) is 3.46. The van der Waals surface area contributed by atoms with Crippen LogP contribution < -0.4 is 4.84 Å². The highest BCUT2D eigenvalue weighted by atomic mass is 35.5. The van der Waals surface area contributed by atoms with Gasteiger partial charge in [-0.15, -0.1) is 4.73 Å². The van der Waals surface area contributed by atoms with Crippen molar-refractivity contribution in [2.45, 2.75) is 13.5 Å². The first kappa shape index (κ1) is 18.5. The second kappa shape index (κ2) is 7.25. The number of aromatic nitrogens is 3. The van der Waals surface area contributed by atoms with Gasteiger partial charge < -0.3 is 24.4 Å². The van der Waals surface area contributed by atoms with Crippen molar-refractivity contribution in [1.82, 2.24) is 23.9 Å². The van der Waals surface area contributed by atoms with E-state index in [2.05, 4.69) is 9.88 Å². The van der Waals surface area contributed by atoms with E-state index in [0.717, 1.165) is 17.0 Å². The Bertz CT molecular complexity index is 1000. The van der Waals surface area contributed by atoms with Crippen molar-refractivity contribution in [2.24, 2.45) is 0 Å². The summed E-state index contributed by atoms with van der Waals surface area (Å²) in [5.74, 6) is -0.683. The monoisotopic (exact) mass is 405 g/mol. The summed E-state index contributed by atoms with van der Waals surface area (Å²) in [5, 5.41) is 19.8. The lowest BCUT2D eigenvalue weighted by Crippen LogP contribution is -2.50. The molecule has 0 aliphatic carbocycles. The van der Waals surface area contributed by atoms with Gasteiger partial charge in [0.2, 0.25) is 11.8 Å². The summed E-state index contributed by atoms with van der Waals surface area (Å²) in [6.45, 7) is 4.92. The Labute approximate surface area is 165 Å². The molecular weight excluding hydrogens is 386 g/mol. The fourth-order valence-electron chi connectivity index (χ4n) is 3.31. The molecule has 0 aromatic carbocycles. The van der Waals surface area contributed by atoms with Crippen LogP contribution in [0.5, 0.6) is 11.8 Å². The summed E-state index contributed by atoms with van der Waals surface area (Å²) in [7, 11) is 0. The molecule has 0 unspecified atom stereocenters. The van der Waals surface area contributed by atoms with Crippen LogP contribution in [0, 0.1) is 6.92 Å². The maximum Gasteiger partial charge on any atom is 0.434 e. The molecule has 1 aliphatic heterocycles. The highest BCUT2D eigenvalue weighted by Crippen LogP contribution is 2.20. The Kier molecular flexibility index (Phi) is 4.78. The fraction of sp³-hybridized carbons (Fsp3) is 0.333. The first-order chi connectivity index (χ1) is 13.4. The maximum atomic E-state index is 12.3. The number of hydrogen-bond donors (Lipinski definition) is 2. The van der Waals surface area contributed by atoms with Gasteiger partial charge in [0, 0.05) is 51.1 Å². The lowest BCUT2D eigenvalue weighted by atomic mass is 10.2. The minimum Gasteiger partial charge on any atom is -0.492 e. The summed E-state index contributed by atoms with van der Waals surface area (Å²) >= 11 is 6.12. The lowest BCUT2D eigenvalue weighted by molar-refractivity contribution is 0.0553. The van der Waals surface area contributed by atoms with Gasteiger partial charge in [-0.1, -0.05) is 11.6 Å². The van der Waals surface area contributed by atoms with E-state index in [-0.39, 0.29) is 11.8 Å². The number of halogens is 1. The van der Waals surface area contributed by atoms with Crippen molar-refractivity contribution < 1.29 is 19.8 Å². The maximum absolute atomic E-state index is 12.3. The zero-order valence-electron chi connectivity index (χ0n) is 15.2. The molecule has 1 fully saturated rings. The summed E-state index contributed by atoms with van der Waals surface area (Å²) in [5.41, 5.74) is 2.86. The number of aryl methyl sites for hydroxylation is 1. The molecule has 28 heavy (non-hydrogen) atoms. The molecule has 1 aliphatic rings. The van der Waals surface area contributed by atoms with E-state index in [1.165, 1.54) is 17.0 Å². The normalized spacial score (nSPS) is 15.3. The lowest BCUT2D eigenvalue weighted by Gasteiger charge is -2.33. The zero-order chi connectivity index (χ0) is 19.8. The van der Waals surface area contributed by atoms with Gasteiger partial charge in [0.25, 0.3) is 0 Å². The first-order valence-corrected chi connectivity index (χ1v) is 9.22. The molecule has 9 nitrogen and oxygen atoms in total. The molecule has 0 atom stereocenters. The van der Waals surface area contributed by atoms with Crippen LogP contribution in [0.25, 0.3) is 5.65 Å². The predicted octanol–water partition coefficient (Wildman–Crippen LogP) is 1.88. The largest absolute Gasteiger partial charge is 0.492 e. The van der Waals surface area contributed by atoms with Crippen LogP contribution in [0.1, 0.15) is 11.4 Å². The van der Waals surface area contributed by atoms with Gasteiger partial charge in [0.15, 0.2) is 0 Å². The van der Waals surface area contributed by atoms with Crippen molar-refractivity contribution in [1.29, 1.82) is 0 Å². The third-order valence-electron chi connectivity index (χ3n) is 4.85. The van der Waals surface area contributed by atoms with E-state index < -0.39 is 6.09 Å². The molecule has 3 aromatic heterocycles. The van der Waals surface area contributed by atoms with Crippen molar-refractivity contribution in [2.75, 3.05) is 26.2 Å². The molecule has 4 rings (SSSR count). The zero-order valence-corrected chi connectivity index (χ0v) is 16.0. The minimum atomic E-state index is -0.626. The number of nitrogens with zero attached hydrogens (tertiary/aromatic N) is 5. The topological polar surface area (TPSA) is 95.5 Å². The van der Waals surface area contributed by atoms with Gasteiger partial charge >= 0.3 is 6.09 Å². The Morgan fingerprint density at radius 3 is 2.50 bits per heavy atom. The van der Waals surface area contributed by atoms with Crippen LogP contribution in [0.15, 0.2) is 30.5 Å². The molecule has 4 heterocycles. The Hall–Kier alpha value is -2.91. The van der Waals surface area contributed by atoms with Gasteiger partial charge in [0.05, 0.1) is 16.4 Å². The fourth-order valence-corrected chi connectivity index (χ4v) is 3.47. The second-order valence-corrected chi connectivity index (χ2v) is 7.12. The Balaban J connectivity index is 1.39. The number of piperazine rings is 1. The molecule has 1 amide bonds. The van der Waals surface area contributed by atoms with Crippen molar-refractivity contribution in [3.05, 3.63) is 46.9 Å². The van der Waals surface area contributed by atoms with E-state index >= 15 is 0 Å². The summed E-state index contributed by atoms with van der Waals surface area (Å²) in [6, 6.07) is 6.19. The molecule has 10 heteroatoms. The number of pyridine rings is 1.